The zero-order valence-corrected chi connectivity index (χ0v) is 21.6. The molecule has 4 aromatic rings. The van der Waals surface area contributed by atoms with Crippen LogP contribution in [0.4, 0.5) is 0 Å². The Balaban J connectivity index is 1.94. The quantitative estimate of drug-likeness (QED) is 0.297. The number of hydrogen-bond donors (Lipinski definition) is 2. The Hall–Kier alpha value is -3.52. The van der Waals surface area contributed by atoms with Gasteiger partial charge in [0.1, 0.15) is 11.5 Å². The summed E-state index contributed by atoms with van der Waals surface area (Å²) >= 11 is 0. The summed E-state index contributed by atoms with van der Waals surface area (Å²) in [5.74, 6) is 0.413. The van der Waals surface area contributed by atoms with E-state index in [1.54, 1.807) is 0 Å². The Kier molecular flexibility index (Phi) is 6.04. The molecule has 0 aliphatic heterocycles. The molecule has 4 rings (SSSR count). The highest BCUT2D eigenvalue weighted by molar-refractivity contribution is 5.77. The molecule has 0 aromatic heterocycles. The Morgan fingerprint density at radius 1 is 0.629 bits per heavy atom. The summed E-state index contributed by atoms with van der Waals surface area (Å²) < 4.78 is 16.4. The maximum atomic E-state index is 11.7. The van der Waals surface area contributed by atoms with E-state index in [2.05, 4.69) is 13.8 Å². The summed E-state index contributed by atoms with van der Waals surface area (Å²) in [6, 6.07) is 20.5. The molecule has 2 heteroatoms. The molecule has 0 amide bonds. The van der Waals surface area contributed by atoms with Gasteiger partial charge in [0.25, 0.3) is 0 Å². The van der Waals surface area contributed by atoms with Crippen molar-refractivity contribution in [3.05, 3.63) is 106 Å². The molecule has 0 bridgehead atoms. The van der Waals surface area contributed by atoms with Crippen LogP contribution in [0.15, 0.2) is 72.7 Å². The molecule has 0 unspecified atom stereocenters. The van der Waals surface area contributed by atoms with Gasteiger partial charge in [0, 0.05) is 27.7 Å². The maximum Gasteiger partial charge on any atom is 0.127 e. The van der Waals surface area contributed by atoms with Crippen molar-refractivity contribution >= 4 is 0 Å². The minimum atomic E-state index is -0.612. The fourth-order valence-corrected chi connectivity index (χ4v) is 5.58. The largest absolute Gasteiger partial charge is 0.507 e. The van der Waals surface area contributed by atoms with Crippen molar-refractivity contribution in [2.45, 2.75) is 59.8 Å². The van der Waals surface area contributed by atoms with E-state index in [-0.39, 0.29) is 11.5 Å². The third kappa shape index (κ3) is 4.46. The van der Waals surface area contributed by atoms with Crippen LogP contribution in [-0.2, 0) is 5.41 Å². The molecular formula is C33H36O2. The summed E-state index contributed by atoms with van der Waals surface area (Å²) in [6.45, 7) is 11.9. The molecule has 0 fully saturated rings. The first-order valence-electron chi connectivity index (χ1n) is 13.4. The normalized spacial score (nSPS) is 12.4. The average molecular weight is 469 g/mol. The fraction of sp³-hybridized carbons (Fsp3) is 0.273. The van der Waals surface area contributed by atoms with E-state index in [1.165, 1.54) is 0 Å². The highest BCUT2D eigenvalue weighted by Crippen LogP contribution is 2.50. The van der Waals surface area contributed by atoms with E-state index in [0.717, 1.165) is 55.6 Å². The van der Waals surface area contributed by atoms with Crippen LogP contribution in [0, 0.1) is 27.7 Å². The Morgan fingerprint density at radius 2 is 0.971 bits per heavy atom. The van der Waals surface area contributed by atoms with Crippen molar-refractivity contribution in [1.82, 2.24) is 0 Å². The number of aryl methyl sites for hydroxylation is 4. The number of para-hydroxylation sites is 2. The van der Waals surface area contributed by atoms with Crippen LogP contribution in [0.3, 0.4) is 0 Å². The first-order chi connectivity index (χ1) is 17.5. The number of hydrogen-bond acceptors (Lipinski definition) is 2. The van der Waals surface area contributed by atoms with Gasteiger partial charge in [-0.25, -0.2) is 0 Å². The van der Waals surface area contributed by atoms with Gasteiger partial charge in [-0.1, -0.05) is 109 Å². The van der Waals surface area contributed by atoms with Crippen molar-refractivity contribution < 1.29 is 13.0 Å². The standard InChI is InChI=1S/C33H36O2/c1-7-33(8-2,29-13-9-11-27(31(29)34)25-17-21(3)15-22(4)18-25)30-14-10-12-28(32(30)35)26-19-23(5)16-24(6)20-26/h9-20,34-35H,7-8H2,1-6H3/i15T,16T. The summed E-state index contributed by atoms with van der Waals surface area (Å²) in [5, 5.41) is 23.4. The predicted molar refractivity (Wildman–Crippen MR) is 147 cm³/mol. The predicted octanol–water partition coefficient (Wildman–Crippen LogP) is 8.77. The van der Waals surface area contributed by atoms with Gasteiger partial charge in [0.15, 0.2) is 0 Å². The molecule has 2 nitrogen and oxygen atoms in total. The van der Waals surface area contributed by atoms with Gasteiger partial charge < -0.3 is 10.2 Å². The van der Waals surface area contributed by atoms with Gasteiger partial charge in [-0.05, 0) is 51.7 Å². The van der Waals surface area contributed by atoms with Gasteiger partial charge >= 0.3 is 0 Å². The lowest BCUT2D eigenvalue weighted by molar-refractivity contribution is 0.399. The van der Waals surface area contributed by atoms with Crippen LogP contribution < -0.4 is 0 Å². The molecule has 2 N–H and O–H groups in total. The van der Waals surface area contributed by atoms with Crippen molar-refractivity contribution in [1.29, 1.82) is 0 Å². The summed E-state index contributed by atoms with van der Waals surface area (Å²) in [7, 11) is 0. The van der Waals surface area contributed by atoms with Gasteiger partial charge in [0.05, 0.1) is 2.74 Å². The third-order valence-corrected chi connectivity index (χ3v) is 7.21. The number of benzene rings is 4. The molecule has 0 saturated heterocycles. The summed E-state index contributed by atoms with van der Waals surface area (Å²) in [4.78, 5) is 0. The van der Waals surface area contributed by atoms with Crippen LogP contribution in [0.25, 0.3) is 22.3 Å². The lowest BCUT2D eigenvalue weighted by atomic mass is 9.68. The second kappa shape index (κ2) is 9.62. The number of rotatable bonds is 6. The zero-order chi connectivity index (χ0) is 27.1. The fourth-order valence-electron chi connectivity index (χ4n) is 5.58. The minimum Gasteiger partial charge on any atom is -0.507 e. The lowest BCUT2D eigenvalue weighted by Gasteiger charge is -2.35. The van der Waals surface area contributed by atoms with E-state index < -0.39 is 5.41 Å². The van der Waals surface area contributed by atoms with E-state index in [0.29, 0.717) is 24.9 Å². The summed E-state index contributed by atoms with van der Waals surface area (Å²) in [5.41, 5.74) is 7.63. The molecule has 0 radical (unpaired) electrons. The molecule has 0 aliphatic rings. The monoisotopic (exact) mass is 468 g/mol. The van der Waals surface area contributed by atoms with E-state index in [1.807, 2.05) is 88.4 Å². The molecule has 4 aromatic carbocycles. The van der Waals surface area contributed by atoms with Crippen molar-refractivity contribution in [2.75, 3.05) is 0 Å². The van der Waals surface area contributed by atoms with E-state index in [4.69, 9.17) is 2.74 Å². The Labute approximate surface area is 212 Å². The molecule has 0 spiro atoms. The highest BCUT2D eigenvalue weighted by Gasteiger charge is 2.36. The first kappa shape index (κ1) is 22.0. The third-order valence-electron chi connectivity index (χ3n) is 7.21. The first-order valence-corrected chi connectivity index (χ1v) is 12.4. The molecule has 0 heterocycles. The van der Waals surface area contributed by atoms with Crippen molar-refractivity contribution in [3.8, 4) is 33.8 Å². The number of aromatic hydroxyl groups is 2. The average Bonchev–Trinajstić information content (AvgIpc) is 2.88. The Morgan fingerprint density at radius 3 is 1.29 bits per heavy atom. The molecule has 0 atom stereocenters. The molecule has 180 valence electrons. The summed E-state index contributed by atoms with van der Waals surface area (Å²) in [6.07, 6.45) is 1.37. The topological polar surface area (TPSA) is 40.5 Å². The zero-order valence-electron chi connectivity index (χ0n) is 23.6. The van der Waals surface area contributed by atoms with Crippen molar-refractivity contribution in [2.24, 2.45) is 0 Å². The minimum absolute atomic E-state index is 0.206. The van der Waals surface area contributed by atoms with Crippen LogP contribution in [0.2, 0.25) is 0 Å². The SMILES string of the molecule is [3H]c1c(C)cc(-c2cccc(C(CC)(CC)c3cccc(-c4cc(C)c([3H])c(C)c4)c3O)c2O)cc1C. The van der Waals surface area contributed by atoms with E-state index in [9.17, 15) is 10.2 Å². The van der Waals surface area contributed by atoms with E-state index >= 15 is 0 Å². The van der Waals surface area contributed by atoms with Gasteiger partial charge in [-0.15, -0.1) is 0 Å². The second-order valence-electron chi connectivity index (χ2n) is 9.66. The molecular weight excluding hydrogens is 428 g/mol. The second-order valence-corrected chi connectivity index (χ2v) is 9.66. The smallest absolute Gasteiger partial charge is 0.127 e. The molecule has 0 saturated carbocycles. The molecule has 0 aliphatic carbocycles. The van der Waals surface area contributed by atoms with Crippen LogP contribution in [-0.4, -0.2) is 10.2 Å². The van der Waals surface area contributed by atoms with Gasteiger partial charge in [0.2, 0.25) is 0 Å². The Bertz CT molecular complexity index is 1330. The number of phenols is 2. The van der Waals surface area contributed by atoms with Crippen LogP contribution in [0.5, 0.6) is 11.5 Å². The van der Waals surface area contributed by atoms with Crippen LogP contribution >= 0.6 is 0 Å². The maximum absolute atomic E-state index is 11.7. The number of phenolic OH excluding ortho intramolecular Hbond substituents is 2. The van der Waals surface area contributed by atoms with Gasteiger partial charge in [-0.2, -0.15) is 0 Å². The lowest BCUT2D eigenvalue weighted by Crippen LogP contribution is -2.26. The highest BCUT2D eigenvalue weighted by atomic mass is 16.3. The molecule has 35 heavy (non-hydrogen) atoms. The van der Waals surface area contributed by atoms with Gasteiger partial charge in [-0.3, -0.25) is 0 Å². The van der Waals surface area contributed by atoms with Crippen molar-refractivity contribution in [3.63, 3.8) is 0 Å². The van der Waals surface area contributed by atoms with Crippen LogP contribution in [0.1, 0.15) is 62.8 Å².